The highest BCUT2D eigenvalue weighted by Crippen LogP contribution is 2.50. The van der Waals surface area contributed by atoms with Gasteiger partial charge >= 0.3 is 6.18 Å². The van der Waals surface area contributed by atoms with Gasteiger partial charge in [-0.25, -0.2) is 0 Å². The highest BCUT2D eigenvalue weighted by atomic mass is 19.4. The molecular formula is C32H35F3N6O2. The lowest BCUT2D eigenvalue weighted by Crippen LogP contribution is -2.43. The second-order valence-electron chi connectivity index (χ2n) is 12.1. The van der Waals surface area contributed by atoms with E-state index in [0.717, 1.165) is 30.8 Å². The van der Waals surface area contributed by atoms with Gasteiger partial charge in [0.15, 0.2) is 0 Å². The number of anilines is 1. The summed E-state index contributed by atoms with van der Waals surface area (Å²) in [5, 5.41) is 17.8. The summed E-state index contributed by atoms with van der Waals surface area (Å²) >= 11 is 0. The van der Waals surface area contributed by atoms with Crippen LogP contribution in [0.3, 0.4) is 0 Å². The third-order valence-electron chi connectivity index (χ3n) is 9.23. The van der Waals surface area contributed by atoms with Crippen molar-refractivity contribution >= 4 is 11.6 Å². The van der Waals surface area contributed by atoms with Gasteiger partial charge in [0.1, 0.15) is 12.2 Å². The van der Waals surface area contributed by atoms with Crippen LogP contribution < -0.4 is 4.90 Å². The van der Waals surface area contributed by atoms with Gasteiger partial charge in [-0.2, -0.15) is 18.4 Å². The van der Waals surface area contributed by atoms with Crippen LogP contribution in [0.25, 0.3) is 0 Å². The monoisotopic (exact) mass is 592 g/mol. The van der Waals surface area contributed by atoms with Gasteiger partial charge in [0.25, 0.3) is 5.91 Å². The lowest BCUT2D eigenvalue weighted by atomic mass is 9.57. The summed E-state index contributed by atoms with van der Waals surface area (Å²) in [5.41, 5.74) is 0.959. The van der Waals surface area contributed by atoms with Crippen LogP contribution in [-0.2, 0) is 42.9 Å². The topological polar surface area (TPSA) is 87.3 Å². The Labute approximate surface area is 249 Å². The molecule has 43 heavy (non-hydrogen) atoms. The second kappa shape index (κ2) is 11.4. The molecule has 11 heteroatoms. The Kier molecular flexibility index (Phi) is 7.77. The zero-order valence-corrected chi connectivity index (χ0v) is 24.4. The molecule has 226 valence electrons. The third-order valence-corrected chi connectivity index (χ3v) is 9.23. The lowest BCUT2D eigenvalue weighted by Gasteiger charge is -2.45. The van der Waals surface area contributed by atoms with Gasteiger partial charge in [-0.3, -0.25) is 9.69 Å². The number of amides is 1. The molecule has 3 aliphatic rings. The molecular weight excluding hydrogens is 557 g/mol. The van der Waals surface area contributed by atoms with Crippen molar-refractivity contribution in [3.05, 3.63) is 76.4 Å². The molecule has 3 aromatic rings. The van der Waals surface area contributed by atoms with Gasteiger partial charge in [-0.1, -0.05) is 19.1 Å². The Hall–Kier alpha value is -3.75. The molecule has 2 aliphatic heterocycles. The van der Waals surface area contributed by atoms with Gasteiger partial charge in [0, 0.05) is 62.3 Å². The molecule has 3 heterocycles. The van der Waals surface area contributed by atoms with E-state index >= 15 is 0 Å². The molecule has 1 amide bonds. The summed E-state index contributed by atoms with van der Waals surface area (Å²) in [6.07, 6.45) is 0.564. The minimum atomic E-state index is -4.59. The van der Waals surface area contributed by atoms with E-state index in [9.17, 15) is 23.2 Å². The molecule has 1 aromatic heterocycles. The fourth-order valence-electron chi connectivity index (χ4n) is 6.87. The highest BCUT2D eigenvalue weighted by Gasteiger charge is 2.47. The van der Waals surface area contributed by atoms with E-state index in [0.29, 0.717) is 50.2 Å². The van der Waals surface area contributed by atoms with Gasteiger partial charge in [-0.15, -0.1) is 10.2 Å². The normalized spacial score (nSPS) is 24.4. The molecule has 2 aromatic carbocycles. The third kappa shape index (κ3) is 5.66. The summed E-state index contributed by atoms with van der Waals surface area (Å²) in [5.74, 6) is 0.261. The number of aromatic nitrogens is 3. The zero-order chi connectivity index (χ0) is 30.4. The first-order valence-corrected chi connectivity index (χ1v) is 14.8. The summed E-state index contributed by atoms with van der Waals surface area (Å²) in [7, 11) is 1.87. The number of hydrogen-bond acceptors (Lipinski definition) is 6. The highest BCUT2D eigenvalue weighted by molar-refractivity contribution is 6.10. The number of nitrogens with zero attached hydrogens (tertiary/aromatic N) is 6. The first kappa shape index (κ1) is 29.3. The van der Waals surface area contributed by atoms with E-state index < -0.39 is 17.6 Å². The van der Waals surface area contributed by atoms with Crippen molar-refractivity contribution in [1.29, 1.82) is 5.26 Å². The molecule has 0 radical (unpaired) electrons. The van der Waals surface area contributed by atoms with Crippen molar-refractivity contribution in [2.75, 3.05) is 24.6 Å². The molecule has 6 rings (SSSR count). The lowest BCUT2D eigenvalue weighted by molar-refractivity contribution is -0.138. The average molecular weight is 593 g/mol. The van der Waals surface area contributed by atoms with Crippen LogP contribution in [0.4, 0.5) is 18.9 Å². The van der Waals surface area contributed by atoms with Crippen molar-refractivity contribution < 1.29 is 22.7 Å². The molecule has 8 nitrogen and oxygen atoms in total. The number of rotatable bonds is 7. The Balaban J connectivity index is 1.31. The van der Waals surface area contributed by atoms with E-state index in [1.165, 1.54) is 11.0 Å². The standard InChI is InChI=1S/C32H35F3N6O2/c1-3-25-18-40(8-5-9-43-25)17-21-10-26-27(28(11-21)32(33,34)35)19-41(30(26)42)24-7-4-6-23(12-24)31(13-22(14-31)16-36)15-29-38-37-20-39(29)2/h4,6-7,10-12,20,22,25H,3,5,8-9,13-15,17-19H2,1-2H3. The number of hydrogen-bond donors (Lipinski definition) is 0. The summed E-state index contributed by atoms with van der Waals surface area (Å²) in [4.78, 5) is 17.3. The molecule has 1 unspecified atom stereocenters. The Morgan fingerprint density at radius 3 is 2.72 bits per heavy atom. The maximum atomic E-state index is 14.4. The van der Waals surface area contributed by atoms with Crippen molar-refractivity contribution in [3.8, 4) is 6.07 Å². The minimum Gasteiger partial charge on any atom is -0.377 e. The van der Waals surface area contributed by atoms with E-state index in [-0.39, 0.29) is 35.1 Å². The first-order chi connectivity index (χ1) is 20.6. The van der Waals surface area contributed by atoms with Crippen molar-refractivity contribution in [1.82, 2.24) is 19.7 Å². The SMILES string of the molecule is CCC1CN(Cc2cc3c(c(C(F)(F)F)c2)CN(c2cccc(C4(Cc5nncn5C)CC(C#N)C4)c2)C3=O)CCCO1. The number of nitriles is 1. The predicted octanol–water partition coefficient (Wildman–Crippen LogP) is 5.41. The van der Waals surface area contributed by atoms with E-state index in [4.69, 9.17) is 4.74 Å². The van der Waals surface area contributed by atoms with Crippen LogP contribution in [0, 0.1) is 17.2 Å². The molecule has 0 N–H and O–H groups in total. The molecule has 0 bridgehead atoms. The van der Waals surface area contributed by atoms with Crippen LogP contribution in [0.15, 0.2) is 42.7 Å². The van der Waals surface area contributed by atoms with Crippen LogP contribution in [-0.4, -0.2) is 51.4 Å². The Bertz CT molecular complexity index is 1560. The van der Waals surface area contributed by atoms with Crippen LogP contribution >= 0.6 is 0 Å². The van der Waals surface area contributed by atoms with Crippen molar-refractivity contribution in [2.45, 2.75) is 69.8 Å². The quantitative estimate of drug-likeness (QED) is 0.365. The first-order valence-electron chi connectivity index (χ1n) is 14.8. The molecule has 0 spiro atoms. The molecule has 1 saturated carbocycles. The zero-order valence-electron chi connectivity index (χ0n) is 24.4. The van der Waals surface area contributed by atoms with E-state index in [1.54, 1.807) is 18.5 Å². The second-order valence-corrected chi connectivity index (χ2v) is 12.1. The number of fused-ring (bicyclic) bond motifs is 1. The van der Waals surface area contributed by atoms with Crippen molar-refractivity contribution in [2.24, 2.45) is 13.0 Å². The van der Waals surface area contributed by atoms with Crippen molar-refractivity contribution in [3.63, 3.8) is 0 Å². The Morgan fingerprint density at radius 2 is 2.02 bits per heavy atom. The smallest absolute Gasteiger partial charge is 0.377 e. The van der Waals surface area contributed by atoms with E-state index in [2.05, 4.69) is 21.2 Å². The number of carbonyl (C=O) groups is 1. The summed E-state index contributed by atoms with van der Waals surface area (Å²) in [6.45, 7) is 4.21. The largest absolute Gasteiger partial charge is 0.416 e. The molecule has 2 fully saturated rings. The number of benzene rings is 2. The number of ether oxygens (including phenoxy) is 1. The summed E-state index contributed by atoms with van der Waals surface area (Å²) < 4.78 is 50.9. The van der Waals surface area contributed by atoms with E-state index in [1.807, 2.05) is 36.7 Å². The predicted molar refractivity (Wildman–Crippen MR) is 153 cm³/mol. The summed E-state index contributed by atoms with van der Waals surface area (Å²) in [6, 6.07) is 12.7. The van der Waals surface area contributed by atoms with Crippen LogP contribution in [0.2, 0.25) is 0 Å². The van der Waals surface area contributed by atoms with Crippen LogP contribution in [0.1, 0.15) is 71.0 Å². The maximum absolute atomic E-state index is 14.4. The number of carbonyl (C=O) groups excluding carboxylic acids is 1. The number of aryl methyl sites for hydroxylation is 1. The fourth-order valence-corrected chi connectivity index (χ4v) is 6.87. The van der Waals surface area contributed by atoms with Gasteiger partial charge in [-0.05, 0) is 66.6 Å². The maximum Gasteiger partial charge on any atom is 0.416 e. The number of halogens is 3. The fraction of sp³-hybridized carbons (Fsp3) is 0.500. The number of alkyl halides is 3. The molecule has 1 aliphatic carbocycles. The van der Waals surface area contributed by atoms with Crippen LogP contribution in [0.5, 0.6) is 0 Å². The average Bonchev–Trinajstić information content (AvgIpc) is 3.43. The van der Waals surface area contributed by atoms with Gasteiger partial charge < -0.3 is 14.2 Å². The van der Waals surface area contributed by atoms with Gasteiger partial charge in [0.2, 0.25) is 0 Å². The van der Waals surface area contributed by atoms with Gasteiger partial charge in [0.05, 0.1) is 24.3 Å². The minimum absolute atomic E-state index is 0.0132. The molecule has 1 atom stereocenters. The molecule has 1 saturated heterocycles. The Morgan fingerprint density at radius 1 is 1.21 bits per heavy atom.